The average Bonchev–Trinajstić information content (AvgIpc) is 3.45. The van der Waals surface area contributed by atoms with Gasteiger partial charge in [0.05, 0.1) is 5.92 Å². The van der Waals surface area contributed by atoms with E-state index in [0.29, 0.717) is 25.9 Å². The smallest absolute Gasteiger partial charge is 0.413 e. The largest absolute Gasteiger partial charge is 0.481 e. The zero-order valence-electron chi connectivity index (χ0n) is 18.3. The van der Waals surface area contributed by atoms with Crippen LogP contribution in [-0.4, -0.2) is 52.7 Å². The molecule has 0 unspecified atom stereocenters. The fourth-order valence-corrected chi connectivity index (χ4v) is 5.31. The molecule has 0 atom stereocenters. The van der Waals surface area contributed by atoms with E-state index in [1.165, 1.54) is 0 Å². The van der Waals surface area contributed by atoms with Gasteiger partial charge in [-0.2, -0.15) is 0 Å². The van der Waals surface area contributed by atoms with Crippen LogP contribution >= 0.6 is 11.3 Å². The summed E-state index contributed by atoms with van der Waals surface area (Å²) in [5.74, 6) is -1.54. The summed E-state index contributed by atoms with van der Waals surface area (Å²) in [4.78, 5) is 42.1. The summed E-state index contributed by atoms with van der Waals surface area (Å²) in [6.07, 6.45) is 0.226. The van der Waals surface area contributed by atoms with Gasteiger partial charge in [-0.1, -0.05) is 48.5 Å². The summed E-state index contributed by atoms with van der Waals surface area (Å²) in [6.45, 7) is 0.945. The fourth-order valence-electron chi connectivity index (χ4n) is 4.64. The Morgan fingerprint density at radius 2 is 1.65 bits per heavy atom. The molecule has 2 N–H and O–H groups in total. The van der Waals surface area contributed by atoms with Crippen LogP contribution in [0.1, 0.15) is 40.4 Å². The van der Waals surface area contributed by atoms with Crippen LogP contribution in [0.4, 0.5) is 9.93 Å². The number of carboxylic acid groups (broad SMARTS) is 1. The van der Waals surface area contributed by atoms with E-state index < -0.39 is 18.0 Å². The van der Waals surface area contributed by atoms with Crippen molar-refractivity contribution in [2.24, 2.45) is 5.92 Å². The number of carboxylic acids is 1. The molecule has 2 amide bonds. The van der Waals surface area contributed by atoms with Gasteiger partial charge in [-0.3, -0.25) is 14.9 Å². The number of hydrogen-bond donors (Lipinski definition) is 2. The summed E-state index contributed by atoms with van der Waals surface area (Å²) in [6, 6.07) is 16.2. The number of ether oxygens (including phenoxy) is 1. The van der Waals surface area contributed by atoms with Gasteiger partial charge < -0.3 is 14.7 Å². The van der Waals surface area contributed by atoms with E-state index in [2.05, 4.69) is 34.6 Å². The maximum absolute atomic E-state index is 12.7. The van der Waals surface area contributed by atoms with Gasteiger partial charge in [0.2, 0.25) is 0 Å². The number of anilines is 1. The Morgan fingerprint density at radius 3 is 2.26 bits per heavy atom. The number of hydrogen-bond acceptors (Lipinski definition) is 6. The number of rotatable bonds is 5. The first kappa shape index (κ1) is 22.1. The van der Waals surface area contributed by atoms with Gasteiger partial charge in [0.1, 0.15) is 12.3 Å². The second-order valence-corrected chi connectivity index (χ2v) is 9.25. The molecule has 1 aliphatic carbocycles. The van der Waals surface area contributed by atoms with E-state index in [-0.39, 0.29) is 29.3 Å². The van der Waals surface area contributed by atoms with Crippen molar-refractivity contribution in [1.29, 1.82) is 0 Å². The summed E-state index contributed by atoms with van der Waals surface area (Å²) in [5.41, 5.74) is 4.80. The van der Waals surface area contributed by atoms with E-state index in [1.807, 2.05) is 24.3 Å². The first-order valence-corrected chi connectivity index (χ1v) is 12.0. The van der Waals surface area contributed by atoms with Gasteiger partial charge in [-0.25, -0.2) is 9.78 Å². The van der Waals surface area contributed by atoms with E-state index in [1.54, 1.807) is 10.3 Å². The molecule has 0 radical (unpaired) electrons. The first-order valence-electron chi connectivity index (χ1n) is 11.1. The number of aliphatic carboxylic acids is 1. The summed E-state index contributed by atoms with van der Waals surface area (Å²) in [5, 5.41) is 13.6. The molecular formula is C25H23N3O5S. The third-order valence-electron chi connectivity index (χ3n) is 6.41. The third-order valence-corrected chi connectivity index (χ3v) is 7.17. The van der Waals surface area contributed by atoms with Crippen molar-refractivity contribution in [3.63, 3.8) is 0 Å². The van der Waals surface area contributed by atoms with Crippen LogP contribution < -0.4 is 5.32 Å². The molecule has 0 saturated carbocycles. The standard InChI is InChI=1S/C25H23N3O5S/c29-22(28-11-9-15(10-12-28)23(30)31)21-14-34-24(26-21)27-25(32)33-13-20-18-7-3-1-5-16(18)17-6-2-4-8-19(17)20/h1-8,14-15,20H,9-13H2,(H,30,31)(H,26,27,32). The van der Waals surface area contributed by atoms with Gasteiger partial charge in [0.25, 0.3) is 5.91 Å². The number of carbonyl (C=O) groups excluding carboxylic acids is 2. The first-order chi connectivity index (χ1) is 16.5. The van der Waals surface area contributed by atoms with E-state index >= 15 is 0 Å². The van der Waals surface area contributed by atoms with Crippen LogP contribution in [0.2, 0.25) is 0 Å². The molecule has 5 rings (SSSR count). The predicted octanol–water partition coefficient (Wildman–Crippen LogP) is 4.44. The van der Waals surface area contributed by atoms with Gasteiger partial charge in [0.15, 0.2) is 5.13 Å². The van der Waals surface area contributed by atoms with Gasteiger partial charge in [-0.15, -0.1) is 11.3 Å². The SMILES string of the molecule is O=C(Nc1nc(C(=O)N2CCC(C(=O)O)CC2)cs1)OCC1c2ccccc2-c2ccccc21. The van der Waals surface area contributed by atoms with Crippen molar-refractivity contribution in [2.75, 3.05) is 25.0 Å². The van der Waals surface area contributed by atoms with E-state index in [4.69, 9.17) is 9.84 Å². The van der Waals surface area contributed by atoms with Crippen molar-refractivity contribution in [3.8, 4) is 11.1 Å². The maximum Gasteiger partial charge on any atom is 0.413 e. The lowest BCUT2D eigenvalue weighted by Crippen LogP contribution is -2.40. The third kappa shape index (κ3) is 4.26. The molecule has 1 aromatic heterocycles. The minimum absolute atomic E-state index is 0.0414. The molecule has 174 valence electrons. The number of likely N-dealkylation sites (tertiary alicyclic amines) is 1. The highest BCUT2D eigenvalue weighted by atomic mass is 32.1. The number of thiazole rings is 1. The zero-order chi connectivity index (χ0) is 23.7. The molecule has 0 bridgehead atoms. The Kier molecular flexibility index (Phi) is 6.02. The molecule has 3 aromatic rings. The second kappa shape index (κ2) is 9.26. The Morgan fingerprint density at radius 1 is 1.03 bits per heavy atom. The Bertz CT molecular complexity index is 1200. The monoisotopic (exact) mass is 477 g/mol. The number of amides is 2. The highest BCUT2D eigenvalue weighted by Gasteiger charge is 2.30. The minimum atomic E-state index is -0.824. The second-order valence-electron chi connectivity index (χ2n) is 8.39. The lowest BCUT2D eigenvalue weighted by Gasteiger charge is -2.29. The molecule has 1 saturated heterocycles. The van der Waals surface area contributed by atoms with Gasteiger partial charge in [0, 0.05) is 24.4 Å². The van der Waals surface area contributed by atoms with Gasteiger partial charge in [-0.05, 0) is 35.1 Å². The van der Waals surface area contributed by atoms with Crippen LogP contribution in [0.25, 0.3) is 11.1 Å². The quantitative estimate of drug-likeness (QED) is 0.562. The van der Waals surface area contributed by atoms with Crippen LogP contribution in [0.15, 0.2) is 53.9 Å². The molecular weight excluding hydrogens is 454 g/mol. The highest BCUT2D eigenvalue weighted by Crippen LogP contribution is 2.44. The van der Waals surface area contributed by atoms with Crippen molar-refractivity contribution >= 4 is 34.4 Å². The number of nitrogens with one attached hydrogen (secondary N) is 1. The summed E-state index contributed by atoms with van der Waals surface area (Å²) < 4.78 is 5.53. The van der Waals surface area contributed by atoms with Crippen LogP contribution in [0, 0.1) is 5.92 Å². The van der Waals surface area contributed by atoms with E-state index in [9.17, 15) is 14.4 Å². The number of benzene rings is 2. The molecule has 8 nitrogen and oxygen atoms in total. The summed E-state index contributed by atoms with van der Waals surface area (Å²) in [7, 11) is 0. The molecule has 9 heteroatoms. The Hall–Kier alpha value is -3.72. The maximum atomic E-state index is 12.7. The number of aromatic nitrogens is 1. The predicted molar refractivity (Wildman–Crippen MR) is 127 cm³/mol. The molecule has 2 aliphatic rings. The minimum Gasteiger partial charge on any atom is -0.481 e. The lowest BCUT2D eigenvalue weighted by atomic mass is 9.97. The Labute approximate surface area is 200 Å². The number of piperidine rings is 1. The van der Waals surface area contributed by atoms with Crippen LogP contribution in [0.5, 0.6) is 0 Å². The van der Waals surface area contributed by atoms with Crippen molar-refractivity contribution in [1.82, 2.24) is 9.88 Å². The van der Waals surface area contributed by atoms with Crippen molar-refractivity contribution < 1.29 is 24.2 Å². The topological polar surface area (TPSA) is 109 Å². The molecule has 34 heavy (non-hydrogen) atoms. The Balaban J connectivity index is 1.18. The highest BCUT2D eigenvalue weighted by molar-refractivity contribution is 7.14. The molecule has 0 spiro atoms. The van der Waals surface area contributed by atoms with Gasteiger partial charge >= 0.3 is 12.1 Å². The molecule has 1 aliphatic heterocycles. The van der Waals surface area contributed by atoms with Crippen LogP contribution in [-0.2, 0) is 9.53 Å². The lowest BCUT2D eigenvalue weighted by molar-refractivity contribution is -0.143. The number of fused-ring (bicyclic) bond motifs is 3. The van der Waals surface area contributed by atoms with Crippen LogP contribution in [0.3, 0.4) is 0 Å². The zero-order valence-corrected chi connectivity index (χ0v) is 19.1. The molecule has 2 heterocycles. The number of nitrogens with zero attached hydrogens (tertiary/aromatic N) is 2. The fraction of sp³-hybridized carbons (Fsp3) is 0.280. The molecule has 1 fully saturated rings. The normalized spacial score (nSPS) is 15.5. The summed E-state index contributed by atoms with van der Waals surface area (Å²) >= 11 is 1.15. The van der Waals surface area contributed by atoms with Crippen molar-refractivity contribution in [2.45, 2.75) is 18.8 Å². The average molecular weight is 478 g/mol. The van der Waals surface area contributed by atoms with E-state index in [0.717, 1.165) is 33.6 Å². The van der Waals surface area contributed by atoms with Crippen molar-refractivity contribution in [3.05, 3.63) is 70.7 Å². The number of carbonyl (C=O) groups is 3. The molecule has 2 aromatic carbocycles.